The number of rotatable bonds is 6. The Morgan fingerprint density at radius 3 is 2.52 bits per heavy atom. The van der Waals surface area contributed by atoms with E-state index in [9.17, 15) is 10.1 Å². The topological polar surface area (TPSA) is 52.4 Å². The molecule has 0 fully saturated rings. The first-order valence-electron chi connectivity index (χ1n) is 6.62. The van der Waals surface area contributed by atoms with E-state index in [1.165, 1.54) is 12.1 Å². The normalized spacial score (nSPS) is 10.4. The largest absolute Gasteiger partial charge is 0.493 e. The van der Waals surface area contributed by atoms with E-state index < -0.39 is 4.92 Å². The highest BCUT2D eigenvalue weighted by Crippen LogP contribution is 2.22. The molecule has 110 valence electrons. The number of halogens is 1. The van der Waals surface area contributed by atoms with Gasteiger partial charge in [0, 0.05) is 24.1 Å². The van der Waals surface area contributed by atoms with Gasteiger partial charge in [0.25, 0.3) is 5.69 Å². The molecule has 0 aliphatic carbocycles. The number of nitro groups is 1. The second-order valence-electron chi connectivity index (χ2n) is 4.77. The van der Waals surface area contributed by atoms with Crippen molar-refractivity contribution in [3.05, 3.63) is 69.3 Å². The van der Waals surface area contributed by atoms with Gasteiger partial charge in [-0.15, -0.1) is 11.6 Å². The average molecular weight is 306 g/mol. The van der Waals surface area contributed by atoms with Gasteiger partial charge >= 0.3 is 0 Å². The Morgan fingerprint density at radius 1 is 1.19 bits per heavy atom. The summed E-state index contributed by atoms with van der Waals surface area (Å²) in [5, 5.41) is 10.6. The van der Waals surface area contributed by atoms with Crippen LogP contribution in [-0.2, 0) is 12.3 Å². The maximum atomic E-state index is 10.6. The van der Waals surface area contributed by atoms with Crippen LogP contribution in [0.15, 0.2) is 42.5 Å². The van der Waals surface area contributed by atoms with Crippen LogP contribution < -0.4 is 4.74 Å². The van der Waals surface area contributed by atoms with Crippen molar-refractivity contribution in [3.8, 4) is 5.75 Å². The van der Waals surface area contributed by atoms with Crippen LogP contribution in [0.1, 0.15) is 16.7 Å². The third-order valence-corrected chi connectivity index (χ3v) is 3.44. The van der Waals surface area contributed by atoms with Crippen molar-refractivity contribution >= 4 is 17.3 Å². The molecule has 0 aliphatic rings. The Bertz CT molecular complexity index is 626. The van der Waals surface area contributed by atoms with Gasteiger partial charge < -0.3 is 4.74 Å². The van der Waals surface area contributed by atoms with Gasteiger partial charge in [0.15, 0.2) is 0 Å². The van der Waals surface area contributed by atoms with Crippen molar-refractivity contribution in [2.24, 2.45) is 0 Å². The van der Waals surface area contributed by atoms with E-state index in [4.69, 9.17) is 16.3 Å². The number of ether oxygens (including phenoxy) is 1. The second-order valence-corrected chi connectivity index (χ2v) is 5.03. The maximum Gasteiger partial charge on any atom is 0.269 e. The molecule has 0 saturated carbocycles. The van der Waals surface area contributed by atoms with Gasteiger partial charge in [-0.25, -0.2) is 0 Å². The highest BCUT2D eigenvalue weighted by atomic mass is 35.5. The number of alkyl halides is 1. The van der Waals surface area contributed by atoms with Crippen LogP contribution in [0.25, 0.3) is 0 Å². The van der Waals surface area contributed by atoms with Crippen molar-refractivity contribution in [2.45, 2.75) is 19.2 Å². The zero-order valence-corrected chi connectivity index (χ0v) is 12.5. The van der Waals surface area contributed by atoms with Crippen LogP contribution in [0.2, 0.25) is 0 Å². The molecule has 21 heavy (non-hydrogen) atoms. The molecular weight excluding hydrogens is 290 g/mol. The molecule has 0 heterocycles. The zero-order valence-electron chi connectivity index (χ0n) is 11.7. The van der Waals surface area contributed by atoms with Gasteiger partial charge in [-0.05, 0) is 18.6 Å². The zero-order chi connectivity index (χ0) is 15.2. The number of hydrogen-bond donors (Lipinski definition) is 0. The Hall–Kier alpha value is -2.07. The highest BCUT2D eigenvalue weighted by Gasteiger charge is 2.05. The van der Waals surface area contributed by atoms with Gasteiger partial charge in [0.1, 0.15) is 5.75 Å². The standard InChI is InChI=1S/C16H16ClNO3/c1-12-2-7-16(14(10-12)11-17)21-9-8-13-3-5-15(6-4-13)18(19)20/h2-7,10H,8-9,11H2,1H3. The second kappa shape index (κ2) is 7.09. The van der Waals surface area contributed by atoms with E-state index in [1.807, 2.05) is 25.1 Å². The summed E-state index contributed by atoms with van der Waals surface area (Å²) in [4.78, 5) is 10.2. The van der Waals surface area contributed by atoms with Crippen LogP contribution in [0.3, 0.4) is 0 Å². The molecule has 0 aromatic heterocycles. The summed E-state index contributed by atoms with van der Waals surface area (Å²) in [6.45, 7) is 2.52. The van der Waals surface area contributed by atoms with Crippen LogP contribution in [0.5, 0.6) is 5.75 Å². The van der Waals surface area contributed by atoms with E-state index in [0.29, 0.717) is 18.9 Å². The first-order chi connectivity index (χ1) is 10.1. The van der Waals surface area contributed by atoms with Crippen LogP contribution >= 0.6 is 11.6 Å². The monoisotopic (exact) mass is 305 g/mol. The molecule has 2 rings (SSSR count). The molecule has 0 N–H and O–H groups in total. The predicted molar refractivity (Wildman–Crippen MR) is 83.0 cm³/mol. The molecule has 0 aliphatic heterocycles. The molecule has 0 amide bonds. The lowest BCUT2D eigenvalue weighted by molar-refractivity contribution is -0.384. The third-order valence-electron chi connectivity index (χ3n) is 3.16. The van der Waals surface area contributed by atoms with Gasteiger partial charge in [0.2, 0.25) is 0 Å². The molecule has 0 bridgehead atoms. The summed E-state index contributed by atoms with van der Waals surface area (Å²) in [5.74, 6) is 1.20. The Morgan fingerprint density at radius 2 is 1.90 bits per heavy atom. The Balaban J connectivity index is 1.93. The summed E-state index contributed by atoms with van der Waals surface area (Å²) in [6, 6.07) is 12.4. The van der Waals surface area contributed by atoms with Crippen LogP contribution in [-0.4, -0.2) is 11.5 Å². The van der Waals surface area contributed by atoms with E-state index in [1.54, 1.807) is 12.1 Å². The molecule has 5 heteroatoms. The first kappa shape index (κ1) is 15.3. The van der Waals surface area contributed by atoms with Crippen molar-refractivity contribution in [3.63, 3.8) is 0 Å². The SMILES string of the molecule is Cc1ccc(OCCc2ccc([N+](=O)[O-])cc2)c(CCl)c1. The van der Waals surface area contributed by atoms with E-state index in [0.717, 1.165) is 22.4 Å². The molecule has 4 nitrogen and oxygen atoms in total. The molecular formula is C16H16ClNO3. The van der Waals surface area contributed by atoms with Crippen molar-refractivity contribution in [1.82, 2.24) is 0 Å². The number of nitrogens with zero attached hydrogens (tertiary/aromatic N) is 1. The minimum absolute atomic E-state index is 0.0997. The average Bonchev–Trinajstić information content (AvgIpc) is 2.49. The smallest absolute Gasteiger partial charge is 0.269 e. The summed E-state index contributed by atoms with van der Waals surface area (Å²) < 4.78 is 5.75. The summed E-state index contributed by atoms with van der Waals surface area (Å²) >= 11 is 5.90. The fourth-order valence-electron chi connectivity index (χ4n) is 2.02. The lowest BCUT2D eigenvalue weighted by Gasteiger charge is -2.10. The fraction of sp³-hybridized carbons (Fsp3) is 0.250. The van der Waals surface area contributed by atoms with Crippen molar-refractivity contribution < 1.29 is 9.66 Å². The molecule has 0 spiro atoms. The van der Waals surface area contributed by atoms with Gasteiger partial charge in [-0.3, -0.25) is 10.1 Å². The lowest BCUT2D eigenvalue weighted by Crippen LogP contribution is -2.03. The van der Waals surface area contributed by atoms with E-state index in [2.05, 4.69) is 0 Å². The Labute approximate surface area is 128 Å². The summed E-state index contributed by atoms with van der Waals surface area (Å²) in [6.07, 6.45) is 0.688. The van der Waals surface area contributed by atoms with E-state index >= 15 is 0 Å². The number of nitro benzene ring substituents is 1. The van der Waals surface area contributed by atoms with Crippen LogP contribution in [0, 0.1) is 17.0 Å². The van der Waals surface area contributed by atoms with Crippen LogP contribution in [0.4, 0.5) is 5.69 Å². The third kappa shape index (κ3) is 4.20. The lowest BCUT2D eigenvalue weighted by atomic mass is 10.1. The van der Waals surface area contributed by atoms with Gasteiger partial charge in [-0.2, -0.15) is 0 Å². The number of aryl methyl sites for hydroxylation is 1. The highest BCUT2D eigenvalue weighted by molar-refractivity contribution is 6.17. The minimum atomic E-state index is -0.403. The Kier molecular flexibility index (Phi) is 5.17. The fourth-order valence-corrected chi connectivity index (χ4v) is 2.23. The molecule has 2 aromatic carbocycles. The van der Waals surface area contributed by atoms with E-state index in [-0.39, 0.29) is 5.69 Å². The summed E-state index contributed by atoms with van der Waals surface area (Å²) in [5.41, 5.74) is 3.22. The van der Waals surface area contributed by atoms with Crippen molar-refractivity contribution in [2.75, 3.05) is 6.61 Å². The van der Waals surface area contributed by atoms with Gasteiger partial charge in [0.05, 0.1) is 17.4 Å². The number of benzene rings is 2. The molecule has 0 saturated heterocycles. The molecule has 0 atom stereocenters. The summed E-state index contributed by atoms with van der Waals surface area (Å²) in [7, 11) is 0. The maximum absolute atomic E-state index is 10.6. The molecule has 0 radical (unpaired) electrons. The molecule has 2 aromatic rings. The first-order valence-corrected chi connectivity index (χ1v) is 7.15. The molecule has 0 unspecified atom stereocenters. The minimum Gasteiger partial charge on any atom is -0.493 e. The quantitative estimate of drug-likeness (QED) is 0.455. The predicted octanol–water partition coefficient (Wildman–Crippen LogP) is 4.26. The van der Waals surface area contributed by atoms with Crippen molar-refractivity contribution in [1.29, 1.82) is 0 Å². The number of hydrogen-bond acceptors (Lipinski definition) is 3. The number of non-ortho nitro benzene ring substituents is 1. The van der Waals surface area contributed by atoms with Gasteiger partial charge in [-0.1, -0.05) is 29.8 Å².